The van der Waals surface area contributed by atoms with Crippen LogP contribution >= 0.6 is 11.8 Å². The molecule has 11 nitrogen and oxygen atoms in total. The number of non-ortho nitro benzene ring substituents is 1. The number of aromatic nitrogens is 3. The molecule has 0 aliphatic carbocycles. The van der Waals surface area contributed by atoms with Crippen molar-refractivity contribution in [3.8, 4) is 5.75 Å². The number of H-pyrrole nitrogens is 1. The van der Waals surface area contributed by atoms with Gasteiger partial charge in [0, 0.05) is 23.9 Å². The highest BCUT2D eigenvalue weighted by molar-refractivity contribution is 7.99. The van der Waals surface area contributed by atoms with E-state index in [4.69, 9.17) is 4.74 Å². The maximum absolute atomic E-state index is 12.2. The van der Waals surface area contributed by atoms with Gasteiger partial charge in [0.05, 0.1) is 23.5 Å². The molecule has 0 unspecified atom stereocenters. The Morgan fingerprint density at radius 3 is 2.88 bits per heavy atom. The maximum Gasteiger partial charge on any atom is 0.269 e. The van der Waals surface area contributed by atoms with Gasteiger partial charge in [0.2, 0.25) is 17.0 Å². The van der Waals surface area contributed by atoms with E-state index in [9.17, 15) is 14.9 Å². The van der Waals surface area contributed by atoms with E-state index in [2.05, 4.69) is 37.9 Å². The molecule has 1 aromatic heterocycles. The molecule has 12 heteroatoms. The molecule has 0 aliphatic heterocycles. The van der Waals surface area contributed by atoms with Crippen LogP contribution in [0.1, 0.15) is 25.3 Å². The number of benzene rings is 2. The number of nitrogens with zero attached hydrogens (tertiary/aromatic N) is 4. The van der Waals surface area contributed by atoms with Crippen molar-refractivity contribution in [1.82, 2.24) is 15.2 Å². The van der Waals surface area contributed by atoms with Gasteiger partial charge in [-0.1, -0.05) is 31.2 Å². The number of hydrazone groups is 1. The molecule has 0 spiro atoms. The molecule has 0 saturated carbocycles. The summed E-state index contributed by atoms with van der Waals surface area (Å²) in [5.74, 6) is 0.951. The van der Waals surface area contributed by atoms with E-state index in [-0.39, 0.29) is 17.3 Å². The van der Waals surface area contributed by atoms with Gasteiger partial charge in [-0.15, -0.1) is 5.10 Å². The number of carbonyl (C=O) groups is 1. The van der Waals surface area contributed by atoms with Crippen molar-refractivity contribution in [2.45, 2.75) is 24.9 Å². The molecule has 0 radical (unpaired) electrons. The monoisotopic (exact) mass is 469 g/mol. The SMILES string of the molecule is CCCCOc1cccc(NC(=O)CSc2n[nH]c(N/N=C/c3ccc([N+](=O)[O-])cc3)n2)c1. The van der Waals surface area contributed by atoms with Crippen molar-refractivity contribution in [3.63, 3.8) is 0 Å². The van der Waals surface area contributed by atoms with Gasteiger partial charge in [-0.2, -0.15) is 10.1 Å². The molecule has 33 heavy (non-hydrogen) atoms. The first-order chi connectivity index (χ1) is 16.0. The third kappa shape index (κ3) is 7.92. The Hall–Kier alpha value is -3.93. The van der Waals surface area contributed by atoms with Crippen molar-refractivity contribution >= 4 is 41.2 Å². The standard InChI is InChI=1S/C21H23N7O4S/c1-2-3-11-32-18-6-4-5-16(12-18)23-19(29)14-33-21-24-20(26-27-21)25-22-13-15-7-9-17(10-8-15)28(30)31/h4-10,12-13H,2-3,11,14H2,1H3,(H,23,29)(H2,24,25,26,27)/b22-13+. The lowest BCUT2D eigenvalue weighted by molar-refractivity contribution is -0.384. The summed E-state index contributed by atoms with van der Waals surface area (Å²) in [6.07, 6.45) is 3.52. The van der Waals surface area contributed by atoms with E-state index in [1.807, 2.05) is 12.1 Å². The van der Waals surface area contributed by atoms with Crippen LogP contribution in [0.15, 0.2) is 58.8 Å². The second-order valence-electron chi connectivity index (χ2n) is 6.75. The fraction of sp³-hybridized carbons (Fsp3) is 0.238. The minimum atomic E-state index is -0.465. The zero-order chi connectivity index (χ0) is 23.5. The largest absolute Gasteiger partial charge is 0.494 e. The van der Waals surface area contributed by atoms with Crippen LogP contribution in [0.2, 0.25) is 0 Å². The maximum atomic E-state index is 12.2. The molecule has 0 atom stereocenters. The zero-order valence-corrected chi connectivity index (χ0v) is 18.7. The molecule has 3 rings (SSSR count). The predicted molar refractivity (Wildman–Crippen MR) is 127 cm³/mol. The topological polar surface area (TPSA) is 147 Å². The summed E-state index contributed by atoms with van der Waals surface area (Å²) >= 11 is 1.17. The van der Waals surface area contributed by atoms with Crippen LogP contribution in [-0.2, 0) is 4.79 Å². The Morgan fingerprint density at radius 1 is 1.30 bits per heavy atom. The average Bonchev–Trinajstić information content (AvgIpc) is 3.26. The Kier molecular flexibility index (Phi) is 8.77. The second kappa shape index (κ2) is 12.2. The van der Waals surface area contributed by atoms with Crippen LogP contribution in [0.4, 0.5) is 17.3 Å². The van der Waals surface area contributed by atoms with Crippen LogP contribution in [0.5, 0.6) is 5.75 Å². The van der Waals surface area contributed by atoms with Crippen molar-refractivity contribution in [2.24, 2.45) is 5.10 Å². The van der Waals surface area contributed by atoms with E-state index >= 15 is 0 Å². The summed E-state index contributed by atoms with van der Waals surface area (Å²) in [5.41, 5.74) is 4.03. The van der Waals surface area contributed by atoms with Crippen molar-refractivity contribution in [1.29, 1.82) is 0 Å². The summed E-state index contributed by atoms with van der Waals surface area (Å²) in [6, 6.07) is 13.2. The Balaban J connectivity index is 1.43. The van der Waals surface area contributed by atoms with Gasteiger partial charge >= 0.3 is 0 Å². The molecular formula is C21H23N7O4S. The lowest BCUT2D eigenvalue weighted by Crippen LogP contribution is -2.14. The minimum Gasteiger partial charge on any atom is -0.494 e. The van der Waals surface area contributed by atoms with E-state index in [1.165, 1.54) is 30.1 Å². The lowest BCUT2D eigenvalue weighted by Gasteiger charge is -2.08. The Labute approximate surface area is 194 Å². The van der Waals surface area contributed by atoms with Gasteiger partial charge in [-0.05, 0) is 36.2 Å². The van der Waals surface area contributed by atoms with Crippen LogP contribution in [0, 0.1) is 10.1 Å². The number of nitrogens with one attached hydrogen (secondary N) is 3. The zero-order valence-electron chi connectivity index (χ0n) is 17.9. The fourth-order valence-corrected chi connectivity index (χ4v) is 3.13. The van der Waals surface area contributed by atoms with Gasteiger partial charge in [0.15, 0.2) is 0 Å². The van der Waals surface area contributed by atoms with Crippen LogP contribution in [0.3, 0.4) is 0 Å². The van der Waals surface area contributed by atoms with Crippen LogP contribution < -0.4 is 15.5 Å². The average molecular weight is 470 g/mol. The molecule has 172 valence electrons. The summed E-state index contributed by atoms with van der Waals surface area (Å²) in [4.78, 5) is 26.6. The number of ether oxygens (including phenoxy) is 1. The van der Waals surface area contributed by atoms with E-state index in [1.54, 1.807) is 24.3 Å². The number of carbonyl (C=O) groups excluding carboxylic acids is 1. The van der Waals surface area contributed by atoms with E-state index in [0.29, 0.717) is 34.7 Å². The van der Waals surface area contributed by atoms with Crippen LogP contribution in [0.25, 0.3) is 0 Å². The number of unbranched alkanes of at least 4 members (excludes halogenated alkanes) is 1. The number of hydrogen-bond donors (Lipinski definition) is 3. The third-order valence-corrected chi connectivity index (χ3v) is 5.02. The second-order valence-corrected chi connectivity index (χ2v) is 7.69. The number of thioether (sulfide) groups is 1. The summed E-state index contributed by atoms with van der Waals surface area (Å²) < 4.78 is 5.65. The molecule has 3 aromatic rings. The number of hydrogen-bond acceptors (Lipinski definition) is 9. The van der Waals surface area contributed by atoms with E-state index in [0.717, 1.165) is 12.8 Å². The molecule has 0 aliphatic rings. The number of anilines is 2. The minimum absolute atomic E-state index is 0.00839. The van der Waals surface area contributed by atoms with Crippen molar-refractivity contribution in [3.05, 3.63) is 64.2 Å². The first-order valence-electron chi connectivity index (χ1n) is 10.1. The smallest absolute Gasteiger partial charge is 0.269 e. The Bertz CT molecular complexity index is 1100. The quantitative estimate of drug-likeness (QED) is 0.118. The number of amides is 1. The first-order valence-corrected chi connectivity index (χ1v) is 11.1. The molecule has 0 bridgehead atoms. The first kappa shape index (κ1) is 23.7. The van der Waals surface area contributed by atoms with Gasteiger partial charge in [0.1, 0.15) is 5.75 Å². The normalized spacial score (nSPS) is 10.8. The van der Waals surface area contributed by atoms with E-state index < -0.39 is 4.92 Å². The number of nitro groups is 1. The lowest BCUT2D eigenvalue weighted by atomic mass is 10.2. The number of aromatic amines is 1. The highest BCUT2D eigenvalue weighted by Crippen LogP contribution is 2.19. The van der Waals surface area contributed by atoms with Gasteiger partial charge in [-0.25, -0.2) is 10.5 Å². The molecule has 0 fully saturated rings. The molecule has 2 aromatic carbocycles. The highest BCUT2D eigenvalue weighted by atomic mass is 32.2. The predicted octanol–water partition coefficient (Wildman–Crippen LogP) is 4.07. The summed E-state index contributed by atoms with van der Waals surface area (Å²) in [5, 5.41) is 24.6. The van der Waals surface area contributed by atoms with Crippen LogP contribution in [-0.4, -0.2) is 44.6 Å². The number of nitro benzene ring substituents is 1. The number of rotatable bonds is 12. The van der Waals surface area contributed by atoms with Gasteiger partial charge in [0.25, 0.3) is 5.69 Å². The molecule has 3 N–H and O–H groups in total. The summed E-state index contributed by atoms with van der Waals surface area (Å²) in [6.45, 7) is 2.74. The van der Waals surface area contributed by atoms with Gasteiger partial charge in [-0.3, -0.25) is 14.9 Å². The fourth-order valence-electron chi connectivity index (χ4n) is 2.54. The molecule has 1 amide bonds. The summed E-state index contributed by atoms with van der Waals surface area (Å²) in [7, 11) is 0. The highest BCUT2D eigenvalue weighted by Gasteiger charge is 2.09. The third-order valence-electron chi connectivity index (χ3n) is 4.17. The van der Waals surface area contributed by atoms with Crippen molar-refractivity contribution in [2.75, 3.05) is 23.1 Å². The molecule has 0 saturated heterocycles. The Morgan fingerprint density at radius 2 is 2.12 bits per heavy atom. The van der Waals surface area contributed by atoms with Gasteiger partial charge < -0.3 is 10.1 Å². The molecular weight excluding hydrogens is 446 g/mol. The van der Waals surface area contributed by atoms with Crippen molar-refractivity contribution < 1.29 is 14.5 Å². The molecule has 1 heterocycles.